The highest BCUT2D eigenvalue weighted by Crippen LogP contribution is 2.22. The number of ether oxygens (including phenoxy) is 1. The van der Waals surface area contributed by atoms with Crippen LogP contribution in [0.5, 0.6) is 0 Å². The van der Waals surface area contributed by atoms with Gasteiger partial charge in [-0.05, 0) is 12.1 Å². The maximum absolute atomic E-state index is 12.4. The van der Waals surface area contributed by atoms with Gasteiger partial charge in [0.1, 0.15) is 25.1 Å². The van der Waals surface area contributed by atoms with Crippen LogP contribution < -0.4 is 4.90 Å². The number of pyridine rings is 1. The minimum Gasteiger partial charge on any atom is -0.460 e. The Balaban J connectivity index is 1.83. The molecule has 23 heavy (non-hydrogen) atoms. The highest BCUT2D eigenvalue weighted by atomic mass is 16.5. The first-order chi connectivity index (χ1) is 11.1. The number of nitrogens with zero attached hydrogens (tertiary/aromatic N) is 5. The summed E-state index contributed by atoms with van der Waals surface area (Å²) in [6, 6.07) is 9.28. The largest absolute Gasteiger partial charge is 0.460 e. The molecular formula is C16H17N5O2. The van der Waals surface area contributed by atoms with Crippen LogP contribution in [-0.2, 0) is 11.3 Å². The van der Waals surface area contributed by atoms with Crippen molar-refractivity contribution in [3.63, 3.8) is 0 Å². The van der Waals surface area contributed by atoms with Gasteiger partial charge < -0.3 is 9.64 Å². The lowest BCUT2D eigenvalue weighted by Crippen LogP contribution is -2.15. The zero-order chi connectivity index (χ0) is 16.2. The lowest BCUT2D eigenvalue weighted by Gasteiger charge is -2.14. The molecule has 2 aromatic heterocycles. The average Bonchev–Trinajstić information content (AvgIpc) is 3.07. The van der Waals surface area contributed by atoms with Gasteiger partial charge in [0.2, 0.25) is 0 Å². The van der Waals surface area contributed by atoms with Crippen LogP contribution in [0.2, 0.25) is 0 Å². The zero-order valence-electron chi connectivity index (χ0n) is 13.0. The topological polar surface area (TPSA) is 73.1 Å². The first-order valence-corrected chi connectivity index (χ1v) is 7.22. The average molecular weight is 311 g/mol. The minimum absolute atomic E-state index is 0.232. The van der Waals surface area contributed by atoms with Gasteiger partial charge in [0.25, 0.3) is 0 Å². The van der Waals surface area contributed by atoms with Crippen molar-refractivity contribution in [1.29, 1.82) is 0 Å². The Bertz CT molecular complexity index is 814. The summed E-state index contributed by atoms with van der Waals surface area (Å²) >= 11 is 0. The van der Waals surface area contributed by atoms with Crippen LogP contribution in [0.1, 0.15) is 10.4 Å². The number of esters is 1. The summed E-state index contributed by atoms with van der Waals surface area (Å²) in [5, 5.41) is 4.75. The molecule has 7 nitrogen and oxygen atoms in total. The Morgan fingerprint density at radius 3 is 2.87 bits per heavy atom. The van der Waals surface area contributed by atoms with Crippen molar-refractivity contribution in [1.82, 2.24) is 19.7 Å². The molecule has 0 aliphatic rings. The maximum atomic E-state index is 12.4. The van der Waals surface area contributed by atoms with Crippen molar-refractivity contribution in [3.05, 3.63) is 48.5 Å². The van der Waals surface area contributed by atoms with E-state index in [1.54, 1.807) is 17.1 Å². The third-order valence-corrected chi connectivity index (χ3v) is 3.40. The number of benzene rings is 1. The number of fused-ring (bicyclic) bond motifs is 1. The van der Waals surface area contributed by atoms with Crippen molar-refractivity contribution in [2.75, 3.05) is 25.6 Å². The molecular weight excluding hydrogens is 294 g/mol. The molecule has 0 aliphatic heterocycles. The Morgan fingerprint density at radius 1 is 1.30 bits per heavy atom. The van der Waals surface area contributed by atoms with E-state index in [2.05, 4.69) is 15.1 Å². The van der Waals surface area contributed by atoms with Crippen molar-refractivity contribution in [2.24, 2.45) is 0 Å². The monoisotopic (exact) mass is 311 g/mol. The molecule has 0 N–H and O–H groups in total. The molecule has 118 valence electrons. The van der Waals surface area contributed by atoms with Crippen molar-refractivity contribution in [3.8, 4) is 0 Å². The second-order valence-electron chi connectivity index (χ2n) is 5.23. The molecule has 0 bridgehead atoms. The molecule has 0 amide bonds. The molecule has 3 rings (SSSR count). The van der Waals surface area contributed by atoms with Gasteiger partial charge in [0.15, 0.2) is 0 Å². The molecule has 0 fully saturated rings. The quantitative estimate of drug-likeness (QED) is 0.668. The Hall–Kier alpha value is -2.96. The van der Waals surface area contributed by atoms with E-state index in [1.165, 1.54) is 6.33 Å². The fourth-order valence-corrected chi connectivity index (χ4v) is 2.22. The Morgan fingerprint density at radius 2 is 2.13 bits per heavy atom. The SMILES string of the molecule is CN(C)c1cc(C(=O)OCCn2cncn2)c2ccccc2n1. The number of hydrogen-bond donors (Lipinski definition) is 0. The lowest BCUT2D eigenvalue weighted by atomic mass is 10.1. The van der Waals surface area contributed by atoms with Crippen molar-refractivity contribution >= 4 is 22.7 Å². The van der Waals surface area contributed by atoms with E-state index in [0.717, 1.165) is 10.9 Å². The minimum atomic E-state index is -0.369. The number of para-hydroxylation sites is 1. The number of rotatable bonds is 5. The van der Waals surface area contributed by atoms with E-state index in [-0.39, 0.29) is 12.6 Å². The molecule has 1 aromatic carbocycles. The summed E-state index contributed by atoms with van der Waals surface area (Å²) in [5.41, 5.74) is 1.28. The predicted octanol–water partition coefficient (Wildman–Crippen LogP) is 1.75. The first kappa shape index (κ1) is 15.0. The predicted molar refractivity (Wildman–Crippen MR) is 86.4 cm³/mol. The third kappa shape index (κ3) is 3.28. The maximum Gasteiger partial charge on any atom is 0.339 e. The van der Waals surface area contributed by atoms with Gasteiger partial charge in [-0.3, -0.25) is 0 Å². The summed E-state index contributed by atoms with van der Waals surface area (Å²) in [6.45, 7) is 0.700. The highest BCUT2D eigenvalue weighted by molar-refractivity contribution is 6.04. The van der Waals surface area contributed by atoms with Crippen molar-refractivity contribution < 1.29 is 9.53 Å². The summed E-state index contributed by atoms with van der Waals surface area (Å²) in [4.78, 5) is 22.7. The van der Waals surface area contributed by atoms with Crippen LogP contribution in [-0.4, -0.2) is 46.4 Å². The van der Waals surface area contributed by atoms with Crippen molar-refractivity contribution in [2.45, 2.75) is 6.54 Å². The standard InChI is InChI=1S/C16H17N5O2/c1-20(2)15-9-13(12-5-3-4-6-14(12)19-15)16(22)23-8-7-21-11-17-10-18-21/h3-6,9-11H,7-8H2,1-2H3. The van der Waals surface area contributed by atoms with Crippen LogP contribution in [0.3, 0.4) is 0 Å². The highest BCUT2D eigenvalue weighted by Gasteiger charge is 2.15. The second kappa shape index (κ2) is 6.43. The molecule has 2 heterocycles. The van der Waals surface area contributed by atoms with Gasteiger partial charge in [-0.15, -0.1) is 0 Å². The van der Waals surface area contributed by atoms with Gasteiger partial charge >= 0.3 is 5.97 Å². The summed E-state index contributed by atoms with van der Waals surface area (Å²) in [6.07, 6.45) is 3.03. The molecule has 3 aromatic rings. The summed E-state index contributed by atoms with van der Waals surface area (Å²) in [5.74, 6) is 0.346. The van der Waals surface area contributed by atoms with E-state index in [9.17, 15) is 4.79 Å². The van der Waals surface area contributed by atoms with Crippen LogP contribution >= 0.6 is 0 Å². The lowest BCUT2D eigenvalue weighted by molar-refractivity contribution is 0.0490. The molecule has 0 saturated carbocycles. The van der Waals surface area contributed by atoms with Gasteiger partial charge in [-0.25, -0.2) is 19.4 Å². The smallest absolute Gasteiger partial charge is 0.339 e. The van der Waals surface area contributed by atoms with E-state index in [1.807, 2.05) is 43.3 Å². The van der Waals surface area contributed by atoms with Crippen LogP contribution in [0, 0.1) is 0 Å². The fraction of sp³-hybridized carbons (Fsp3) is 0.250. The molecule has 0 unspecified atom stereocenters. The molecule has 7 heteroatoms. The molecule has 0 spiro atoms. The van der Waals surface area contributed by atoms with Gasteiger partial charge in [-0.1, -0.05) is 18.2 Å². The second-order valence-corrected chi connectivity index (χ2v) is 5.23. The van der Waals surface area contributed by atoms with Gasteiger partial charge in [0.05, 0.1) is 17.6 Å². The van der Waals surface area contributed by atoms with Crippen LogP contribution in [0.4, 0.5) is 5.82 Å². The molecule has 0 saturated heterocycles. The van der Waals surface area contributed by atoms with E-state index in [4.69, 9.17) is 4.74 Å². The molecule has 0 aliphatic carbocycles. The summed E-state index contributed by atoms with van der Waals surface area (Å²) < 4.78 is 6.98. The first-order valence-electron chi connectivity index (χ1n) is 7.22. The van der Waals surface area contributed by atoms with E-state index >= 15 is 0 Å². The molecule has 0 radical (unpaired) electrons. The number of aromatic nitrogens is 4. The third-order valence-electron chi connectivity index (χ3n) is 3.40. The molecule has 0 atom stereocenters. The number of carbonyl (C=O) groups excluding carboxylic acids is 1. The Kier molecular flexibility index (Phi) is 4.18. The zero-order valence-corrected chi connectivity index (χ0v) is 13.0. The van der Waals surface area contributed by atoms with Gasteiger partial charge in [0, 0.05) is 19.5 Å². The number of hydrogen-bond acceptors (Lipinski definition) is 6. The van der Waals surface area contributed by atoms with Gasteiger partial charge in [-0.2, -0.15) is 5.10 Å². The normalized spacial score (nSPS) is 10.7. The Labute approximate surface area is 133 Å². The van der Waals surface area contributed by atoms with E-state index in [0.29, 0.717) is 17.9 Å². The number of carbonyl (C=O) groups is 1. The van der Waals surface area contributed by atoms with Crippen LogP contribution in [0.15, 0.2) is 43.0 Å². The van der Waals surface area contributed by atoms with Crippen LogP contribution in [0.25, 0.3) is 10.9 Å². The van der Waals surface area contributed by atoms with E-state index < -0.39 is 0 Å². The fourth-order valence-electron chi connectivity index (χ4n) is 2.22. The number of anilines is 1. The summed E-state index contributed by atoms with van der Waals surface area (Å²) in [7, 11) is 3.77.